The first kappa shape index (κ1) is 66.6. The van der Waals surface area contributed by atoms with Crippen LogP contribution in [0.25, 0.3) is 88.7 Å². The molecule has 16 bridgehead atoms. The van der Waals surface area contributed by atoms with Crippen molar-refractivity contribution in [3.63, 3.8) is 0 Å². The van der Waals surface area contributed by atoms with E-state index in [0.29, 0.717) is 101 Å². The molecule has 20 nitrogen and oxygen atoms in total. The van der Waals surface area contributed by atoms with Crippen LogP contribution in [-0.2, 0) is 53.7 Å². The van der Waals surface area contributed by atoms with E-state index >= 15 is 0 Å². The van der Waals surface area contributed by atoms with Gasteiger partial charge in [-0.25, -0.2) is 19.9 Å². The van der Waals surface area contributed by atoms with Crippen molar-refractivity contribution >= 4 is 113 Å². The number of aliphatic hydroxyl groups is 4. The maximum absolute atomic E-state index is 11.4. The zero-order valence-corrected chi connectivity index (χ0v) is 53.5. The van der Waals surface area contributed by atoms with Crippen molar-refractivity contribution in [3.05, 3.63) is 139 Å². The standard InChI is InChI=1S/2C34H38N4O6.Ti/c2*1-15-21(7-9-31(41)42)27-14-28-22(8-10-32(43)44)16(2)24(36-28)12-29-34(20(6)40)18(4)26(38-29)13-30-33(19(5)39)17(3)25(37-30)11-23(15)35-27;/h2*11-14,19-20,36-37,39-40H,7-10H2,1-6H3,(H,41,42)(H,43,44);/q;;+4/p-4. The van der Waals surface area contributed by atoms with Crippen molar-refractivity contribution in [2.75, 3.05) is 0 Å². The molecule has 0 saturated carbocycles. The third kappa shape index (κ3) is 13.6. The van der Waals surface area contributed by atoms with Crippen molar-refractivity contribution in [1.29, 1.82) is 0 Å². The van der Waals surface area contributed by atoms with E-state index in [4.69, 9.17) is 19.9 Å². The molecule has 4 aliphatic rings. The number of hydrogen-bond donors (Lipinski definition) is 8. The number of nitrogens with one attached hydrogen (secondary N) is 4. The fourth-order valence-electron chi connectivity index (χ4n) is 12.6. The Balaban J connectivity index is 0.000000228. The molecule has 10 heterocycles. The maximum atomic E-state index is 11.4. The van der Waals surface area contributed by atoms with Crippen molar-refractivity contribution in [1.82, 2.24) is 39.9 Å². The van der Waals surface area contributed by atoms with E-state index < -0.39 is 48.3 Å². The number of aromatic nitrogens is 8. The second kappa shape index (κ2) is 26.8. The first-order valence-corrected chi connectivity index (χ1v) is 29.4. The molecule has 460 valence electrons. The van der Waals surface area contributed by atoms with E-state index in [1.165, 1.54) is 0 Å². The molecular weight excluding hydrogens is 1170 g/mol. The average Bonchev–Trinajstić information content (AvgIpc) is 1.74. The van der Waals surface area contributed by atoms with Gasteiger partial charge in [0.2, 0.25) is 0 Å². The average molecular weight is 1240 g/mol. The molecule has 4 atom stereocenters. The molecule has 0 aliphatic carbocycles. The quantitative estimate of drug-likeness (QED) is 0.0458. The number of carbonyl (C=O) groups excluding carboxylic acids is 4. The zero-order chi connectivity index (χ0) is 64.1. The van der Waals surface area contributed by atoms with Crippen molar-refractivity contribution in [2.45, 2.75) is 159 Å². The Morgan fingerprint density at radius 3 is 0.933 bits per heavy atom. The van der Waals surface area contributed by atoms with Crippen LogP contribution in [0.2, 0.25) is 0 Å². The van der Waals surface area contributed by atoms with Gasteiger partial charge in [-0.3, -0.25) is 0 Å². The first-order chi connectivity index (χ1) is 41.5. The molecule has 8 N–H and O–H groups in total. The van der Waals surface area contributed by atoms with Crippen LogP contribution in [-0.4, -0.2) is 96.4 Å². The monoisotopic (exact) mass is 1240 g/mol. The minimum atomic E-state index is -1.17. The topological polar surface area (TPSA) is 356 Å². The van der Waals surface area contributed by atoms with Crippen LogP contribution in [0, 0.1) is 27.7 Å². The molecule has 0 saturated heterocycles. The summed E-state index contributed by atoms with van der Waals surface area (Å²) < 4.78 is 0. The number of allylic oxidation sites excluding steroid dienone is 6. The summed E-state index contributed by atoms with van der Waals surface area (Å²) in [5.74, 6) is -4.68. The van der Waals surface area contributed by atoms with Gasteiger partial charge in [-0.05, 0) is 250 Å². The summed E-state index contributed by atoms with van der Waals surface area (Å²) in [6.45, 7) is 22.0. The number of aliphatic carboxylic acids is 4. The summed E-state index contributed by atoms with van der Waals surface area (Å²) in [4.78, 5) is 79.0. The molecule has 4 unspecified atom stereocenters. The third-order valence-electron chi connectivity index (χ3n) is 17.3. The third-order valence-corrected chi connectivity index (χ3v) is 17.3. The van der Waals surface area contributed by atoms with Crippen LogP contribution in [0.3, 0.4) is 0 Å². The van der Waals surface area contributed by atoms with Crippen molar-refractivity contribution < 1.29 is 81.7 Å². The number of nitrogens with zero attached hydrogens (tertiary/aromatic N) is 4. The number of aliphatic hydroxyl groups excluding tert-OH is 4. The fraction of sp³-hybridized carbons (Fsp3) is 0.353. The van der Waals surface area contributed by atoms with Gasteiger partial charge in [0, 0.05) is 90.3 Å². The predicted molar refractivity (Wildman–Crippen MR) is 331 cm³/mol. The Hall–Kier alpha value is -8.37. The molecule has 10 rings (SSSR count). The van der Waals surface area contributed by atoms with Crippen LogP contribution >= 0.6 is 0 Å². The van der Waals surface area contributed by atoms with E-state index in [2.05, 4.69) is 19.9 Å². The van der Waals surface area contributed by atoms with Crippen molar-refractivity contribution in [2.24, 2.45) is 0 Å². The van der Waals surface area contributed by atoms with E-state index in [1.54, 1.807) is 27.7 Å². The number of aromatic amines is 4. The molecule has 4 aliphatic heterocycles. The maximum Gasteiger partial charge on any atom is 4.00 e. The van der Waals surface area contributed by atoms with Crippen LogP contribution < -0.4 is 20.4 Å². The van der Waals surface area contributed by atoms with Gasteiger partial charge in [0.25, 0.3) is 0 Å². The Kier molecular flexibility index (Phi) is 20.0. The SMILES string of the molecule is CC1=C(CCC(=O)[O-])c2cc3[nH]c(cc4nc(cc5[nH]c(cc1n2)c(C)c5C(C)O)C(C)=C4C(C)O)c(C)c3CCC(=O)[O-].CC1=C(CCC(=O)[O-])c2cc3[nH]c(cc4nc(cc5[nH]c(cc1n2)c(C)c5C(C)O)C(C)=C4C(C)O)c(C)c3CCC(=O)[O-].[Ti+4]. The van der Waals surface area contributed by atoms with Crippen LogP contribution in [0.5, 0.6) is 0 Å². The second-order valence-electron chi connectivity index (χ2n) is 23.3. The molecule has 6 aromatic rings. The Labute approximate surface area is 528 Å². The normalized spacial score (nSPS) is 14.6. The molecular formula is C68H72N8O12Ti. The molecule has 0 amide bonds. The van der Waals surface area contributed by atoms with Gasteiger partial charge < -0.3 is 80.0 Å². The van der Waals surface area contributed by atoms with Gasteiger partial charge >= 0.3 is 21.7 Å². The number of fused-ring (bicyclic) bond motifs is 16. The van der Waals surface area contributed by atoms with Crippen LogP contribution in [0.15, 0.2) is 48.5 Å². The number of aryl methyl sites for hydroxylation is 6. The van der Waals surface area contributed by atoms with Gasteiger partial charge in [0.05, 0.1) is 70.0 Å². The van der Waals surface area contributed by atoms with Crippen LogP contribution in [0.4, 0.5) is 0 Å². The van der Waals surface area contributed by atoms with E-state index in [9.17, 15) is 60.0 Å². The summed E-state index contributed by atoms with van der Waals surface area (Å²) in [6.07, 6.45) is -3.13. The van der Waals surface area contributed by atoms with Gasteiger partial charge in [0.15, 0.2) is 0 Å². The molecule has 0 spiro atoms. The largest absolute Gasteiger partial charge is 4.00 e. The Morgan fingerprint density at radius 2 is 0.618 bits per heavy atom. The number of carboxylic acid groups (broad SMARTS) is 4. The van der Waals surface area contributed by atoms with E-state index in [1.807, 2.05) is 104 Å². The van der Waals surface area contributed by atoms with Crippen molar-refractivity contribution in [3.8, 4) is 0 Å². The fourth-order valence-corrected chi connectivity index (χ4v) is 12.6. The second-order valence-corrected chi connectivity index (χ2v) is 23.3. The smallest absolute Gasteiger partial charge is 0.550 e. The molecule has 6 aromatic heterocycles. The number of rotatable bonds is 16. The number of carboxylic acids is 4. The molecule has 0 radical (unpaired) electrons. The molecule has 89 heavy (non-hydrogen) atoms. The molecule has 0 aromatic carbocycles. The first-order valence-electron chi connectivity index (χ1n) is 29.4. The van der Waals surface area contributed by atoms with Gasteiger partial charge in [-0.15, -0.1) is 0 Å². The summed E-state index contributed by atoms with van der Waals surface area (Å²) in [6, 6.07) is 14.8. The van der Waals surface area contributed by atoms with E-state index in [-0.39, 0.29) is 73.1 Å². The van der Waals surface area contributed by atoms with Gasteiger partial charge in [0.1, 0.15) is 0 Å². The zero-order valence-electron chi connectivity index (χ0n) is 51.9. The van der Waals surface area contributed by atoms with Crippen LogP contribution in [0.1, 0.15) is 196 Å². The minimum absolute atomic E-state index is 0. The summed E-state index contributed by atoms with van der Waals surface area (Å²) >= 11 is 0. The number of H-pyrrole nitrogens is 4. The van der Waals surface area contributed by atoms with Gasteiger partial charge in [-0.2, -0.15) is 0 Å². The summed E-state index contributed by atoms with van der Waals surface area (Å²) in [7, 11) is 0. The van der Waals surface area contributed by atoms with Gasteiger partial charge in [-0.1, -0.05) is 0 Å². The molecule has 21 heteroatoms. The summed E-state index contributed by atoms with van der Waals surface area (Å²) in [5.41, 5.74) is 22.6. The molecule has 0 fully saturated rings. The Morgan fingerprint density at radius 1 is 0.360 bits per heavy atom. The number of hydrogen-bond acceptors (Lipinski definition) is 16. The minimum Gasteiger partial charge on any atom is -0.550 e. The Bertz CT molecular complexity index is 4130. The summed E-state index contributed by atoms with van der Waals surface area (Å²) in [5, 5.41) is 88.8. The van der Waals surface area contributed by atoms with E-state index in [0.717, 1.165) is 77.9 Å². The number of carbonyl (C=O) groups is 4. The predicted octanol–water partition coefficient (Wildman–Crippen LogP) is 6.88.